The van der Waals surface area contributed by atoms with Crippen LogP contribution in [0.25, 0.3) is 10.6 Å². The van der Waals surface area contributed by atoms with Crippen LogP contribution < -0.4 is 29.4 Å². The van der Waals surface area contributed by atoms with Gasteiger partial charge in [-0.15, -0.1) is 11.3 Å². The number of ether oxygens (including phenoxy) is 1. The maximum Gasteiger partial charge on any atom is 0.294 e. The van der Waals surface area contributed by atoms with Crippen LogP contribution >= 0.6 is 34.7 Å². The predicted molar refractivity (Wildman–Crippen MR) is 145 cm³/mol. The molecule has 10 nitrogen and oxygen atoms in total. The van der Waals surface area contributed by atoms with E-state index < -0.39 is 20.9 Å². The average molecular weight is 579 g/mol. The van der Waals surface area contributed by atoms with Gasteiger partial charge in [0.1, 0.15) is 20.0 Å². The van der Waals surface area contributed by atoms with Crippen LogP contribution in [0, 0.1) is 0 Å². The Labute approximate surface area is 224 Å². The van der Waals surface area contributed by atoms with Crippen LogP contribution in [0.5, 0.6) is 5.75 Å². The quantitative estimate of drug-likeness (QED) is 0.470. The van der Waals surface area contributed by atoms with Gasteiger partial charge >= 0.3 is 0 Å². The minimum absolute atomic E-state index is 0.0882. The number of carbonyl (C=O) groups excluding carboxylic acids is 1. The van der Waals surface area contributed by atoms with Gasteiger partial charge in [0, 0.05) is 25.1 Å². The van der Waals surface area contributed by atoms with Crippen LogP contribution in [0.2, 0.25) is 5.02 Å². The van der Waals surface area contributed by atoms with Crippen LogP contribution in [0.15, 0.2) is 56.1 Å². The molecule has 5 rings (SSSR count). The van der Waals surface area contributed by atoms with E-state index in [2.05, 4.69) is 5.10 Å². The Bertz CT molecular complexity index is 1830. The van der Waals surface area contributed by atoms with Gasteiger partial charge in [-0.3, -0.25) is 14.1 Å². The predicted octanol–water partition coefficient (Wildman–Crippen LogP) is 2.24. The number of methoxy groups -OCH3 is 1. The summed E-state index contributed by atoms with van der Waals surface area (Å²) in [5, 5.41) is 6.02. The van der Waals surface area contributed by atoms with E-state index in [0.29, 0.717) is 20.7 Å². The summed E-state index contributed by atoms with van der Waals surface area (Å²) in [6.45, 7) is 1.64. The number of rotatable bonds is 3. The van der Waals surface area contributed by atoms with Gasteiger partial charge in [0.15, 0.2) is 0 Å². The highest BCUT2D eigenvalue weighted by atomic mass is 35.5. The smallest absolute Gasteiger partial charge is 0.294 e. The molecule has 0 unspecified atom stereocenters. The molecule has 0 saturated heterocycles. The van der Waals surface area contributed by atoms with Gasteiger partial charge in [0.2, 0.25) is 0 Å². The summed E-state index contributed by atoms with van der Waals surface area (Å²) < 4.78 is 39.7. The van der Waals surface area contributed by atoms with E-state index in [0.717, 1.165) is 32.8 Å². The zero-order valence-corrected chi connectivity index (χ0v) is 23.0. The molecule has 0 fully saturated rings. The summed E-state index contributed by atoms with van der Waals surface area (Å²) >= 11 is 8.88. The van der Waals surface area contributed by atoms with Crippen LogP contribution in [0.4, 0.5) is 11.4 Å². The largest absolute Gasteiger partial charge is 0.497 e. The molecule has 2 aromatic carbocycles. The fourth-order valence-electron chi connectivity index (χ4n) is 4.00. The summed E-state index contributed by atoms with van der Waals surface area (Å²) in [6.07, 6.45) is 0. The minimum atomic E-state index is -4.47. The van der Waals surface area contributed by atoms with Gasteiger partial charge in [0.05, 0.1) is 39.7 Å². The Morgan fingerprint density at radius 2 is 1.81 bits per heavy atom. The van der Waals surface area contributed by atoms with E-state index in [9.17, 15) is 22.6 Å². The topological polar surface area (TPSA) is 122 Å². The Morgan fingerprint density at radius 1 is 1.08 bits per heavy atom. The molecule has 2 aliphatic heterocycles. The lowest BCUT2D eigenvalue weighted by Crippen LogP contribution is -2.33. The average Bonchev–Trinajstić information content (AvgIpc) is 3.43. The first-order chi connectivity index (χ1) is 17.4. The number of hydrogen-bond donors (Lipinski definition) is 1. The molecule has 1 N–H and O–H groups in total. The molecular formula is C23H19ClN4O6S3. The lowest BCUT2D eigenvalue weighted by Gasteiger charge is -2.14. The number of benzene rings is 2. The summed E-state index contributed by atoms with van der Waals surface area (Å²) in [7, 11) is 0.587. The van der Waals surface area contributed by atoms with Crippen molar-refractivity contribution in [2.24, 2.45) is 12.1 Å². The molecule has 192 valence electrons. The van der Waals surface area contributed by atoms with Crippen molar-refractivity contribution >= 4 is 78.4 Å². The SMILES string of the molecule is COc1ccc2c(c1)N(C)C(=c1sc(=C3C(=O)N(c4ccc(S(=O)(=O)O)cc4Cl)N=C3C)n(C)c1=O)S2. The molecule has 0 saturated carbocycles. The van der Waals surface area contributed by atoms with Crippen LogP contribution in [-0.4, -0.2) is 43.3 Å². The fourth-order valence-corrected chi connectivity index (χ4v) is 7.34. The number of thiazole rings is 1. The van der Waals surface area contributed by atoms with Crippen molar-refractivity contribution in [3.8, 4) is 5.75 Å². The maximum atomic E-state index is 13.5. The molecule has 2 aliphatic rings. The number of aromatic nitrogens is 1. The second-order valence-electron chi connectivity index (χ2n) is 8.17. The highest BCUT2D eigenvalue weighted by molar-refractivity contribution is 8.08. The third-order valence-electron chi connectivity index (χ3n) is 5.91. The van der Waals surface area contributed by atoms with Crippen LogP contribution in [-0.2, 0) is 22.0 Å². The molecule has 0 aliphatic carbocycles. The van der Waals surface area contributed by atoms with E-state index in [-0.39, 0.29) is 21.8 Å². The Balaban J connectivity index is 1.63. The molecule has 1 amide bonds. The number of hydrazone groups is 1. The number of fused-ring (bicyclic) bond motifs is 1. The standard InChI is InChI=1S/C23H19ClN4O6S3/c1-11-18(20(29)28(25-11)15-7-6-13(10-14(15)24)37(31,32)33)22-27(3)21(30)19(36-22)23-26(2)16-9-12(34-4)5-8-17(16)35-23/h5-10H,1-4H3,(H,31,32,33). The first-order valence-corrected chi connectivity index (χ1v) is 14.1. The monoisotopic (exact) mass is 578 g/mol. The van der Waals surface area contributed by atoms with Crippen molar-refractivity contribution in [3.05, 3.63) is 61.0 Å². The van der Waals surface area contributed by atoms with Crippen molar-refractivity contribution in [2.45, 2.75) is 16.7 Å². The van der Waals surface area contributed by atoms with E-state index in [1.807, 2.05) is 30.1 Å². The third kappa shape index (κ3) is 4.16. The van der Waals surface area contributed by atoms with Crippen LogP contribution in [0.3, 0.4) is 0 Å². The van der Waals surface area contributed by atoms with Crippen molar-refractivity contribution in [3.63, 3.8) is 0 Å². The number of amides is 1. The normalized spacial score (nSPS) is 18.4. The van der Waals surface area contributed by atoms with Gasteiger partial charge in [-0.2, -0.15) is 18.5 Å². The van der Waals surface area contributed by atoms with Crippen molar-refractivity contribution in [1.29, 1.82) is 0 Å². The number of halogens is 1. The molecule has 14 heteroatoms. The van der Waals surface area contributed by atoms with Gasteiger partial charge in [-0.25, -0.2) is 0 Å². The molecule has 1 aromatic heterocycles. The van der Waals surface area contributed by atoms with Gasteiger partial charge < -0.3 is 14.2 Å². The zero-order valence-electron chi connectivity index (χ0n) is 19.8. The summed E-state index contributed by atoms with van der Waals surface area (Å²) in [4.78, 5) is 29.3. The molecule has 0 atom stereocenters. The molecule has 0 radical (unpaired) electrons. The van der Waals surface area contributed by atoms with E-state index in [4.69, 9.17) is 16.3 Å². The Morgan fingerprint density at radius 3 is 2.46 bits per heavy atom. The molecule has 3 aromatic rings. The molecule has 0 bridgehead atoms. The van der Waals surface area contributed by atoms with Gasteiger partial charge in [-0.05, 0) is 37.3 Å². The molecule has 37 heavy (non-hydrogen) atoms. The maximum absolute atomic E-state index is 13.5. The highest BCUT2D eigenvalue weighted by Crippen LogP contribution is 2.46. The van der Waals surface area contributed by atoms with Crippen molar-refractivity contribution in [2.75, 3.05) is 24.1 Å². The van der Waals surface area contributed by atoms with Crippen LogP contribution in [0.1, 0.15) is 6.92 Å². The first-order valence-electron chi connectivity index (χ1n) is 10.6. The Kier molecular flexibility index (Phi) is 6.23. The van der Waals surface area contributed by atoms with Gasteiger partial charge in [-0.1, -0.05) is 23.4 Å². The number of thioether (sulfide) groups is 1. The third-order valence-corrected chi connectivity index (χ3v) is 9.67. The second kappa shape index (κ2) is 9.03. The minimum Gasteiger partial charge on any atom is -0.497 e. The zero-order chi connectivity index (χ0) is 26.8. The number of nitrogens with zero attached hydrogens (tertiary/aromatic N) is 4. The van der Waals surface area contributed by atoms with E-state index in [1.54, 1.807) is 21.1 Å². The van der Waals surface area contributed by atoms with E-state index >= 15 is 0 Å². The summed E-state index contributed by atoms with van der Waals surface area (Å²) in [5.74, 6) is 0.183. The summed E-state index contributed by atoms with van der Waals surface area (Å²) in [5.41, 5.74) is 1.40. The molecular weight excluding hydrogens is 560 g/mol. The summed E-state index contributed by atoms with van der Waals surface area (Å²) in [6, 6.07) is 9.14. The molecule has 3 heterocycles. The highest BCUT2D eigenvalue weighted by Gasteiger charge is 2.33. The van der Waals surface area contributed by atoms with Crippen molar-refractivity contribution in [1.82, 2.24) is 4.57 Å². The number of carbonyl (C=O) groups is 1. The Hall–Kier alpha value is -3.10. The van der Waals surface area contributed by atoms with E-state index in [1.165, 1.54) is 33.7 Å². The van der Waals surface area contributed by atoms with Gasteiger partial charge in [0.25, 0.3) is 21.6 Å². The number of anilines is 2. The van der Waals surface area contributed by atoms with Crippen molar-refractivity contribution < 1.29 is 22.5 Å². The lowest BCUT2D eigenvalue weighted by molar-refractivity contribution is -0.112. The molecule has 0 spiro atoms. The first kappa shape index (κ1) is 25.5. The fraction of sp³-hybridized carbons (Fsp3) is 0.174. The number of hydrogen-bond acceptors (Lipinski definition) is 9. The lowest BCUT2D eigenvalue weighted by atomic mass is 10.2. The second-order valence-corrected chi connectivity index (χ2v) is 12.0.